The van der Waals surface area contributed by atoms with Gasteiger partial charge in [-0.25, -0.2) is 8.42 Å². The SMILES string of the molecule is Cn1cc(C#N)c(NS(=O)(=O)c2ccc(C#N)s2)n1. The molecule has 9 heteroatoms. The zero-order valence-corrected chi connectivity index (χ0v) is 11.3. The van der Waals surface area contributed by atoms with Crippen molar-refractivity contribution in [1.29, 1.82) is 10.5 Å². The van der Waals surface area contributed by atoms with Gasteiger partial charge in [0.05, 0.1) is 0 Å². The number of anilines is 1. The summed E-state index contributed by atoms with van der Waals surface area (Å²) in [5.41, 5.74) is 0.128. The van der Waals surface area contributed by atoms with E-state index >= 15 is 0 Å². The summed E-state index contributed by atoms with van der Waals surface area (Å²) in [6.45, 7) is 0. The first-order chi connectivity index (χ1) is 8.96. The number of nitriles is 2. The van der Waals surface area contributed by atoms with Crippen molar-refractivity contribution in [1.82, 2.24) is 9.78 Å². The van der Waals surface area contributed by atoms with Crippen LogP contribution in [-0.4, -0.2) is 18.2 Å². The Bertz CT molecular complexity index is 804. The van der Waals surface area contributed by atoms with E-state index in [1.807, 2.05) is 12.1 Å². The summed E-state index contributed by atoms with van der Waals surface area (Å²) >= 11 is 0.850. The first-order valence-electron chi connectivity index (χ1n) is 4.93. The Morgan fingerprint density at radius 1 is 1.37 bits per heavy atom. The number of hydrogen-bond acceptors (Lipinski definition) is 6. The number of aryl methyl sites for hydroxylation is 1. The molecule has 0 fully saturated rings. The van der Waals surface area contributed by atoms with Crippen LogP contribution in [0.3, 0.4) is 0 Å². The Hall–Kier alpha value is -2.36. The molecule has 0 bridgehead atoms. The molecule has 2 heterocycles. The predicted molar refractivity (Wildman–Crippen MR) is 67.8 cm³/mol. The lowest BCUT2D eigenvalue weighted by atomic mass is 10.4. The predicted octanol–water partition coefficient (Wildman–Crippen LogP) is 1.03. The van der Waals surface area contributed by atoms with Crippen molar-refractivity contribution in [2.75, 3.05) is 4.72 Å². The second kappa shape index (κ2) is 4.72. The summed E-state index contributed by atoms with van der Waals surface area (Å²) in [5.74, 6) is -0.0306. The molecule has 2 aromatic rings. The quantitative estimate of drug-likeness (QED) is 0.908. The molecule has 0 atom stereocenters. The molecule has 0 amide bonds. The number of rotatable bonds is 3. The molecule has 2 aromatic heterocycles. The van der Waals surface area contributed by atoms with Gasteiger partial charge in [0.25, 0.3) is 10.0 Å². The highest BCUT2D eigenvalue weighted by Crippen LogP contribution is 2.24. The van der Waals surface area contributed by atoms with Gasteiger partial charge in [-0.05, 0) is 12.1 Å². The molecule has 2 rings (SSSR count). The maximum absolute atomic E-state index is 12.0. The van der Waals surface area contributed by atoms with Crippen LogP contribution in [0.5, 0.6) is 0 Å². The van der Waals surface area contributed by atoms with Gasteiger partial charge in [0.2, 0.25) is 0 Å². The second-order valence-electron chi connectivity index (χ2n) is 3.51. The van der Waals surface area contributed by atoms with Crippen LogP contribution in [0, 0.1) is 22.7 Å². The van der Waals surface area contributed by atoms with E-state index in [4.69, 9.17) is 10.5 Å². The number of thiophene rings is 1. The van der Waals surface area contributed by atoms with Crippen LogP contribution >= 0.6 is 11.3 Å². The standard InChI is InChI=1S/C10H7N5O2S2/c1-15-6-7(4-11)10(13-15)14-19(16,17)9-3-2-8(5-12)18-9/h2-3,6H,1H3,(H,13,14). The van der Waals surface area contributed by atoms with Crippen LogP contribution in [-0.2, 0) is 17.1 Å². The van der Waals surface area contributed by atoms with Crippen LogP contribution in [0.2, 0.25) is 0 Å². The molecule has 0 aliphatic rings. The van der Waals surface area contributed by atoms with E-state index in [0.717, 1.165) is 11.3 Å². The molecule has 0 unspecified atom stereocenters. The van der Waals surface area contributed by atoms with E-state index in [1.54, 1.807) is 7.05 Å². The maximum Gasteiger partial charge on any atom is 0.272 e. The van der Waals surface area contributed by atoms with E-state index in [2.05, 4.69) is 9.82 Å². The molecule has 0 aliphatic carbocycles. The average Bonchev–Trinajstić information content (AvgIpc) is 2.95. The summed E-state index contributed by atoms with van der Waals surface area (Å²) in [6, 6.07) is 6.47. The van der Waals surface area contributed by atoms with Gasteiger partial charge in [-0.2, -0.15) is 15.6 Å². The minimum absolute atomic E-state index is 0.00130. The fourth-order valence-electron chi connectivity index (χ4n) is 1.35. The molecule has 0 aliphatic heterocycles. The fourth-order valence-corrected chi connectivity index (χ4v) is 3.47. The number of nitrogens with zero attached hydrogens (tertiary/aromatic N) is 4. The molecule has 1 N–H and O–H groups in total. The van der Waals surface area contributed by atoms with E-state index in [9.17, 15) is 8.42 Å². The van der Waals surface area contributed by atoms with E-state index in [-0.39, 0.29) is 15.6 Å². The molecule has 0 saturated heterocycles. The van der Waals surface area contributed by atoms with Crippen LogP contribution < -0.4 is 4.72 Å². The highest BCUT2D eigenvalue weighted by Gasteiger charge is 2.20. The Morgan fingerprint density at radius 3 is 2.68 bits per heavy atom. The van der Waals surface area contributed by atoms with E-state index in [0.29, 0.717) is 4.88 Å². The molecule has 0 saturated carbocycles. The second-order valence-corrected chi connectivity index (χ2v) is 6.51. The average molecular weight is 293 g/mol. The van der Waals surface area contributed by atoms with E-state index < -0.39 is 10.0 Å². The Labute approximate surface area is 113 Å². The summed E-state index contributed by atoms with van der Waals surface area (Å²) in [4.78, 5) is 0.293. The zero-order valence-electron chi connectivity index (χ0n) is 9.65. The minimum atomic E-state index is -3.83. The van der Waals surface area contributed by atoms with E-state index in [1.165, 1.54) is 23.0 Å². The van der Waals surface area contributed by atoms with Crippen molar-refractivity contribution >= 4 is 27.2 Å². The number of hydrogen-bond donors (Lipinski definition) is 1. The third kappa shape index (κ3) is 2.57. The largest absolute Gasteiger partial charge is 0.272 e. The van der Waals surface area contributed by atoms with Crippen LogP contribution in [0.25, 0.3) is 0 Å². The molecule has 0 aromatic carbocycles. The van der Waals surface area contributed by atoms with Gasteiger partial charge < -0.3 is 0 Å². The normalized spacial score (nSPS) is 10.7. The molecule has 19 heavy (non-hydrogen) atoms. The summed E-state index contributed by atoms with van der Waals surface area (Å²) < 4.78 is 27.6. The Morgan fingerprint density at radius 2 is 2.11 bits per heavy atom. The van der Waals surface area contributed by atoms with Crippen molar-refractivity contribution in [3.05, 3.63) is 28.8 Å². The lowest BCUT2D eigenvalue weighted by molar-refractivity contribution is 0.602. The number of nitrogens with one attached hydrogen (secondary N) is 1. The van der Waals surface area contributed by atoms with Gasteiger partial charge in [-0.1, -0.05) is 0 Å². The summed E-state index contributed by atoms with van der Waals surface area (Å²) in [6.07, 6.45) is 1.41. The van der Waals surface area contributed by atoms with Crippen LogP contribution in [0.15, 0.2) is 22.5 Å². The summed E-state index contributed by atoms with van der Waals surface area (Å²) in [5, 5.41) is 21.4. The van der Waals surface area contributed by atoms with Crippen LogP contribution in [0.1, 0.15) is 10.4 Å². The summed E-state index contributed by atoms with van der Waals surface area (Å²) in [7, 11) is -2.25. The van der Waals surface area contributed by atoms with Crippen molar-refractivity contribution in [2.24, 2.45) is 7.05 Å². The highest BCUT2D eigenvalue weighted by molar-refractivity contribution is 7.94. The topological polar surface area (TPSA) is 112 Å². The molecular formula is C10H7N5O2S2. The van der Waals surface area contributed by atoms with Crippen molar-refractivity contribution in [2.45, 2.75) is 4.21 Å². The first kappa shape index (κ1) is 13.1. The van der Waals surface area contributed by atoms with Crippen molar-refractivity contribution in [3.8, 4) is 12.1 Å². The molecule has 0 spiro atoms. The molecule has 96 valence electrons. The minimum Gasteiger partial charge on any atom is -0.272 e. The van der Waals surface area contributed by atoms with Crippen molar-refractivity contribution < 1.29 is 8.42 Å². The highest BCUT2D eigenvalue weighted by atomic mass is 32.2. The zero-order chi connectivity index (χ0) is 14.0. The Kier molecular flexibility index (Phi) is 3.25. The van der Waals surface area contributed by atoms with Crippen LogP contribution in [0.4, 0.5) is 5.82 Å². The Balaban J connectivity index is 2.37. The lowest BCUT2D eigenvalue weighted by Crippen LogP contribution is -2.12. The number of aromatic nitrogens is 2. The molecular weight excluding hydrogens is 286 g/mol. The van der Waals surface area contributed by atoms with Gasteiger partial charge in [0, 0.05) is 13.2 Å². The smallest absolute Gasteiger partial charge is 0.272 e. The number of sulfonamides is 1. The van der Waals surface area contributed by atoms with Gasteiger partial charge >= 0.3 is 0 Å². The first-order valence-corrected chi connectivity index (χ1v) is 7.23. The lowest BCUT2D eigenvalue weighted by Gasteiger charge is -2.02. The maximum atomic E-state index is 12.0. The molecule has 0 radical (unpaired) electrons. The van der Waals surface area contributed by atoms with Crippen molar-refractivity contribution in [3.63, 3.8) is 0 Å². The van der Waals surface area contributed by atoms with Gasteiger partial charge in [-0.15, -0.1) is 11.3 Å². The third-order valence-corrected chi connectivity index (χ3v) is 4.96. The molecule has 7 nitrogen and oxygen atoms in total. The third-order valence-electron chi connectivity index (χ3n) is 2.14. The fraction of sp³-hybridized carbons (Fsp3) is 0.100. The van der Waals surface area contributed by atoms with Gasteiger partial charge in [0.1, 0.15) is 26.8 Å². The van der Waals surface area contributed by atoms with Gasteiger partial charge in [-0.3, -0.25) is 9.40 Å². The van der Waals surface area contributed by atoms with Gasteiger partial charge in [0.15, 0.2) is 5.82 Å². The monoisotopic (exact) mass is 293 g/mol.